The standard InChI is InChI=1S/C16H17N3O2/c17-13-5-6-14(16(20)21)18-15(13)19-9-7-11-3-1-2-4-12(11)8-10-19/h1-6H,7-10,17H2,(H,20,21). The van der Waals surface area contributed by atoms with Crippen molar-refractivity contribution in [2.24, 2.45) is 0 Å². The summed E-state index contributed by atoms with van der Waals surface area (Å²) in [4.78, 5) is 17.3. The van der Waals surface area contributed by atoms with Crippen molar-refractivity contribution in [3.8, 4) is 0 Å². The van der Waals surface area contributed by atoms with Crippen LogP contribution in [-0.2, 0) is 12.8 Å². The molecule has 2 aromatic rings. The second-order valence-corrected chi connectivity index (χ2v) is 5.17. The van der Waals surface area contributed by atoms with Crippen molar-refractivity contribution in [1.29, 1.82) is 0 Å². The molecule has 108 valence electrons. The molecule has 0 amide bonds. The first-order valence-corrected chi connectivity index (χ1v) is 6.96. The van der Waals surface area contributed by atoms with Crippen molar-refractivity contribution in [1.82, 2.24) is 4.98 Å². The summed E-state index contributed by atoms with van der Waals surface area (Å²) in [6.07, 6.45) is 1.82. The summed E-state index contributed by atoms with van der Waals surface area (Å²) < 4.78 is 0. The Morgan fingerprint density at radius 1 is 1.10 bits per heavy atom. The number of aromatic nitrogens is 1. The van der Waals surface area contributed by atoms with Crippen LogP contribution in [0.5, 0.6) is 0 Å². The van der Waals surface area contributed by atoms with E-state index in [1.54, 1.807) is 6.07 Å². The Bertz CT molecular complexity index is 658. The Hall–Kier alpha value is -2.56. The Kier molecular flexibility index (Phi) is 3.48. The zero-order valence-corrected chi connectivity index (χ0v) is 11.6. The van der Waals surface area contributed by atoms with Gasteiger partial charge in [0.2, 0.25) is 0 Å². The Morgan fingerprint density at radius 3 is 2.29 bits per heavy atom. The van der Waals surface area contributed by atoms with Crippen LogP contribution in [0.3, 0.4) is 0 Å². The summed E-state index contributed by atoms with van der Waals surface area (Å²) >= 11 is 0. The quantitative estimate of drug-likeness (QED) is 0.881. The van der Waals surface area contributed by atoms with Crippen molar-refractivity contribution in [2.75, 3.05) is 23.7 Å². The Labute approximate surface area is 123 Å². The molecule has 5 heteroatoms. The van der Waals surface area contributed by atoms with Gasteiger partial charge in [-0.25, -0.2) is 9.78 Å². The second kappa shape index (κ2) is 5.44. The lowest BCUT2D eigenvalue weighted by Gasteiger charge is -2.23. The van der Waals surface area contributed by atoms with Crippen molar-refractivity contribution < 1.29 is 9.90 Å². The number of pyridine rings is 1. The van der Waals surface area contributed by atoms with Crippen molar-refractivity contribution in [3.63, 3.8) is 0 Å². The molecule has 0 unspecified atom stereocenters. The number of fused-ring (bicyclic) bond motifs is 1. The molecular formula is C16H17N3O2. The molecule has 0 bridgehead atoms. The summed E-state index contributed by atoms with van der Waals surface area (Å²) in [6, 6.07) is 11.4. The highest BCUT2D eigenvalue weighted by molar-refractivity contribution is 5.87. The van der Waals surface area contributed by atoms with E-state index in [4.69, 9.17) is 10.8 Å². The van der Waals surface area contributed by atoms with E-state index in [9.17, 15) is 4.79 Å². The van der Waals surface area contributed by atoms with Crippen LogP contribution in [0, 0.1) is 0 Å². The maximum Gasteiger partial charge on any atom is 0.354 e. The lowest BCUT2D eigenvalue weighted by molar-refractivity contribution is 0.0690. The number of carbonyl (C=O) groups is 1. The molecule has 0 atom stereocenters. The first-order valence-electron chi connectivity index (χ1n) is 6.96. The van der Waals surface area contributed by atoms with Gasteiger partial charge in [-0.1, -0.05) is 24.3 Å². The number of anilines is 2. The molecule has 3 N–H and O–H groups in total. The number of nitrogens with two attached hydrogens (primary N) is 1. The number of aromatic carboxylic acids is 1. The number of hydrogen-bond donors (Lipinski definition) is 2. The van der Waals surface area contributed by atoms with E-state index >= 15 is 0 Å². The first kappa shape index (κ1) is 13.4. The Balaban J connectivity index is 1.89. The fourth-order valence-electron chi connectivity index (χ4n) is 2.71. The van der Waals surface area contributed by atoms with E-state index in [1.165, 1.54) is 17.2 Å². The van der Waals surface area contributed by atoms with Gasteiger partial charge in [-0.3, -0.25) is 0 Å². The number of carboxylic acid groups (broad SMARTS) is 1. The van der Waals surface area contributed by atoms with Crippen LogP contribution in [0.15, 0.2) is 36.4 Å². The third-order valence-electron chi connectivity index (χ3n) is 3.84. The van der Waals surface area contributed by atoms with Crippen LogP contribution in [0.2, 0.25) is 0 Å². The molecule has 3 rings (SSSR count). The van der Waals surface area contributed by atoms with Gasteiger partial charge in [0.1, 0.15) is 0 Å². The summed E-state index contributed by atoms with van der Waals surface area (Å²) in [5, 5.41) is 9.07. The monoisotopic (exact) mass is 283 g/mol. The van der Waals surface area contributed by atoms with Gasteiger partial charge in [0, 0.05) is 13.1 Å². The predicted octanol–water partition coefficient (Wildman–Crippen LogP) is 1.97. The first-order chi connectivity index (χ1) is 10.1. The van der Waals surface area contributed by atoms with Crippen molar-refractivity contribution in [2.45, 2.75) is 12.8 Å². The van der Waals surface area contributed by atoms with E-state index in [0.717, 1.165) is 25.9 Å². The van der Waals surface area contributed by atoms with Gasteiger partial charge in [-0.2, -0.15) is 0 Å². The zero-order valence-electron chi connectivity index (χ0n) is 11.6. The maximum atomic E-state index is 11.1. The largest absolute Gasteiger partial charge is 0.477 e. The SMILES string of the molecule is Nc1ccc(C(=O)O)nc1N1CCc2ccccc2CC1. The molecule has 21 heavy (non-hydrogen) atoms. The molecule has 5 nitrogen and oxygen atoms in total. The minimum absolute atomic E-state index is 0.0287. The zero-order chi connectivity index (χ0) is 14.8. The molecule has 1 aliphatic rings. The average Bonchev–Trinajstić information content (AvgIpc) is 2.70. The molecule has 1 aromatic heterocycles. The number of rotatable bonds is 2. The van der Waals surface area contributed by atoms with Crippen LogP contribution < -0.4 is 10.6 Å². The topological polar surface area (TPSA) is 79.5 Å². The normalized spacial score (nSPS) is 14.4. The molecule has 0 saturated carbocycles. The molecule has 2 heterocycles. The summed E-state index contributed by atoms with van der Waals surface area (Å²) in [5.41, 5.74) is 9.21. The number of nitrogens with zero attached hydrogens (tertiary/aromatic N) is 2. The fraction of sp³-hybridized carbons (Fsp3) is 0.250. The number of nitrogen functional groups attached to an aromatic ring is 1. The third kappa shape index (κ3) is 2.67. The molecule has 0 radical (unpaired) electrons. The molecular weight excluding hydrogens is 266 g/mol. The van der Waals surface area contributed by atoms with Gasteiger partial charge in [-0.05, 0) is 36.1 Å². The van der Waals surface area contributed by atoms with E-state index < -0.39 is 5.97 Å². The van der Waals surface area contributed by atoms with Crippen LogP contribution >= 0.6 is 0 Å². The number of benzene rings is 1. The molecule has 0 spiro atoms. The molecule has 0 saturated heterocycles. The van der Waals surface area contributed by atoms with Crippen LogP contribution in [0.1, 0.15) is 21.6 Å². The highest BCUT2D eigenvalue weighted by Crippen LogP contribution is 2.24. The van der Waals surface area contributed by atoms with Gasteiger partial charge in [0.05, 0.1) is 5.69 Å². The molecule has 1 aliphatic heterocycles. The molecule has 0 aliphatic carbocycles. The smallest absolute Gasteiger partial charge is 0.354 e. The molecule has 1 aromatic carbocycles. The highest BCUT2D eigenvalue weighted by atomic mass is 16.4. The van der Waals surface area contributed by atoms with E-state index in [1.807, 2.05) is 12.1 Å². The summed E-state index contributed by atoms with van der Waals surface area (Å²) in [7, 11) is 0. The third-order valence-corrected chi connectivity index (χ3v) is 3.84. The van der Waals surface area contributed by atoms with Crippen LogP contribution in [0.25, 0.3) is 0 Å². The van der Waals surface area contributed by atoms with Gasteiger partial charge in [-0.15, -0.1) is 0 Å². The van der Waals surface area contributed by atoms with Gasteiger partial charge in [0.25, 0.3) is 0 Å². The van der Waals surface area contributed by atoms with Crippen LogP contribution in [0.4, 0.5) is 11.5 Å². The summed E-state index contributed by atoms with van der Waals surface area (Å²) in [5.74, 6) is -0.461. The number of hydrogen-bond acceptors (Lipinski definition) is 4. The average molecular weight is 283 g/mol. The molecule has 0 fully saturated rings. The van der Waals surface area contributed by atoms with E-state index in [-0.39, 0.29) is 5.69 Å². The minimum Gasteiger partial charge on any atom is -0.477 e. The van der Waals surface area contributed by atoms with Crippen molar-refractivity contribution in [3.05, 3.63) is 53.2 Å². The van der Waals surface area contributed by atoms with E-state index in [2.05, 4.69) is 22.0 Å². The Morgan fingerprint density at radius 2 is 1.71 bits per heavy atom. The lowest BCUT2D eigenvalue weighted by Crippen LogP contribution is -2.28. The fourth-order valence-corrected chi connectivity index (χ4v) is 2.71. The lowest BCUT2D eigenvalue weighted by atomic mass is 10.0. The predicted molar refractivity (Wildman–Crippen MR) is 81.7 cm³/mol. The number of carboxylic acids is 1. The summed E-state index contributed by atoms with van der Waals surface area (Å²) in [6.45, 7) is 1.58. The second-order valence-electron chi connectivity index (χ2n) is 5.17. The maximum absolute atomic E-state index is 11.1. The highest BCUT2D eigenvalue weighted by Gasteiger charge is 2.18. The minimum atomic E-state index is -1.03. The van der Waals surface area contributed by atoms with Gasteiger partial charge in [0.15, 0.2) is 11.5 Å². The van der Waals surface area contributed by atoms with Gasteiger partial charge < -0.3 is 15.7 Å². The van der Waals surface area contributed by atoms with Crippen molar-refractivity contribution >= 4 is 17.5 Å². The van der Waals surface area contributed by atoms with Crippen LogP contribution in [-0.4, -0.2) is 29.1 Å². The van der Waals surface area contributed by atoms with E-state index in [0.29, 0.717) is 11.5 Å². The van der Waals surface area contributed by atoms with Gasteiger partial charge >= 0.3 is 5.97 Å².